The van der Waals surface area contributed by atoms with Gasteiger partial charge in [0.15, 0.2) is 0 Å². The van der Waals surface area contributed by atoms with E-state index < -0.39 is 19.1 Å². The van der Waals surface area contributed by atoms with Crippen molar-refractivity contribution in [2.75, 3.05) is 39.8 Å². The van der Waals surface area contributed by atoms with E-state index >= 15 is 0 Å². The van der Waals surface area contributed by atoms with E-state index in [1.807, 2.05) is 11.0 Å². The minimum Gasteiger partial charge on any atom is -0.494 e. The maximum absolute atomic E-state index is 12.1. The molecule has 2 aliphatic heterocycles. The summed E-state index contributed by atoms with van der Waals surface area (Å²) >= 11 is 0. The second-order valence-electron chi connectivity index (χ2n) is 11.2. The Kier molecular flexibility index (Phi) is 9.35. The zero-order valence-corrected chi connectivity index (χ0v) is 25.2. The van der Waals surface area contributed by atoms with Crippen LogP contribution >= 0.6 is 0 Å². The van der Waals surface area contributed by atoms with Crippen LogP contribution in [0.15, 0.2) is 54.6 Å². The lowest BCUT2D eigenvalue weighted by atomic mass is 9.78. The fourth-order valence-corrected chi connectivity index (χ4v) is 5.61. The Bertz CT molecular complexity index is 1460. The molecule has 0 unspecified atom stereocenters. The van der Waals surface area contributed by atoms with E-state index in [0.717, 1.165) is 46.5 Å². The summed E-state index contributed by atoms with van der Waals surface area (Å²) in [5.74, 6) is 0.737. The van der Waals surface area contributed by atoms with E-state index in [-0.39, 0.29) is 19.0 Å². The van der Waals surface area contributed by atoms with Gasteiger partial charge in [0.2, 0.25) is 5.91 Å². The van der Waals surface area contributed by atoms with Crippen LogP contribution in [0, 0.1) is 20.8 Å². The molecule has 0 spiro atoms. The highest BCUT2D eigenvalue weighted by atomic mass is 16.6. The maximum Gasteiger partial charge on any atom is 0.636 e. The molecule has 10 heteroatoms. The molecular formula is C33H37BN2O7. The summed E-state index contributed by atoms with van der Waals surface area (Å²) in [6, 6.07) is 17.3. The molecule has 0 N–H and O–H groups in total. The number of carbonyl (C=O) groups is 3. The van der Waals surface area contributed by atoms with Gasteiger partial charge in [0.25, 0.3) is 0 Å². The monoisotopic (exact) mass is 584 g/mol. The van der Waals surface area contributed by atoms with Crippen molar-refractivity contribution in [3.8, 4) is 22.6 Å². The zero-order chi connectivity index (χ0) is 30.5. The van der Waals surface area contributed by atoms with Crippen molar-refractivity contribution in [3.63, 3.8) is 0 Å². The summed E-state index contributed by atoms with van der Waals surface area (Å²) in [4.78, 5) is 39.4. The molecule has 9 nitrogen and oxygen atoms in total. The Labute approximate surface area is 252 Å². The highest BCUT2D eigenvalue weighted by Crippen LogP contribution is 2.34. The second-order valence-corrected chi connectivity index (χ2v) is 11.2. The van der Waals surface area contributed by atoms with Gasteiger partial charge in [-0.2, -0.15) is 0 Å². The summed E-state index contributed by atoms with van der Waals surface area (Å²) in [6.07, 6.45) is 1.57. The van der Waals surface area contributed by atoms with Gasteiger partial charge in [-0.25, -0.2) is 0 Å². The molecule has 224 valence electrons. The summed E-state index contributed by atoms with van der Waals surface area (Å²) in [7, 11) is 0.572. The largest absolute Gasteiger partial charge is 0.636 e. The number of rotatable bonds is 9. The van der Waals surface area contributed by atoms with E-state index in [4.69, 9.17) is 18.8 Å². The second kappa shape index (κ2) is 13.3. The smallest absolute Gasteiger partial charge is 0.494 e. The molecule has 5 rings (SSSR count). The van der Waals surface area contributed by atoms with E-state index in [9.17, 15) is 14.4 Å². The Morgan fingerprint density at radius 3 is 2.16 bits per heavy atom. The number of hydrogen-bond acceptors (Lipinski definition) is 8. The molecule has 0 radical (unpaired) electrons. The number of hydrogen-bond donors (Lipinski definition) is 0. The Morgan fingerprint density at radius 1 is 0.860 bits per heavy atom. The standard InChI is InChI=1S/C33H37BN2O7/c1-22-17-28(40-16-15-36-14-6-9-30(36)37)18-23(2)33(22)29-8-5-7-25(24(29)3)21-41-27-12-10-26(11-13-27)34-42-31(38)19-35(4)20-32(39)43-34/h5,7-8,10-13,17-18H,6,9,14-16,19-21H2,1-4H3. The van der Waals surface area contributed by atoms with Gasteiger partial charge < -0.3 is 23.7 Å². The number of likely N-dealkylation sites (N-methyl/N-ethyl adjacent to an activating group) is 1. The van der Waals surface area contributed by atoms with Crippen molar-refractivity contribution in [2.45, 2.75) is 40.2 Å². The first-order chi connectivity index (χ1) is 20.7. The first-order valence-corrected chi connectivity index (χ1v) is 14.6. The molecule has 1 amide bonds. The number of benzene rings is 3. The fourth-order valence-electron chi connectivity index (χ4n) is 5.61. The van der Waals surface area contributed by atoms with Crippen LogP contribution in [0.1, 0.15) is 35.1 Å². The number of likely N-dealkylation sites (tertiary alicyclic amines) is 1. The predicted molar refractivity (Wildman–Crippen MR) is 163 cm³/mol. The Balaban J connectivity index is 1.23. The third-order valence-corrected chi connectivity index (χ3v) is 7.84. The van der Waals surface area contributed by atoms with Gasteiger partial charge in [-0.15, -0.1) is 0 Å². The third kappa shape index (κ3) is 7.38. The van der Waals surface area contributed by atoms with E-state index in [2.05, 4.69) is 45.0 Å². The molecular weight excluding hydrogens is 547 g/mol. The average Bonchev–Trinajstić information content (AvgIpc) is 3.36. The van der Waals surface area contributed by atoms with E-state index in [1.54, 1.807) is 36.2 Å². The number of carbonyl (C=O) groups excluding carboxylic acids is 3. The SMILES string of the molecule is Cc1cc(OCCN2CCCC2=O)cc(C)c1-c1cccc(COc2ccc(B3OC(=O)CN(C)CC(=O)O3)cc2)c1C. The van der Waals surface area contributed by atoms with Crippen LogP contribution in [-0.4, -0.2) is 74.6 Å². The quantitative estimate of drug-likeness (QED) is 0.353. The van der Waals surface area contributed by atoms with Gasteiger partial charge in [-0.3, -0.25) is 19.3 Å². The van der Waals surface area contributed by atoms with Gasteiger partial charge in [-0.1, -0.05) is 30.3 Å². The maximum atomic E-state index is 12.1. The van der Waals surface area contributed by atoms with Crippen molar-refractivity contribution in [2.24, 2.45) is 0 Å². The number of aryl methyl sites for hydroxylation is 2. The van der Waals surface area contributed by atoms with Crippen LogP contribution < -0.4 is 14.9 Å². The molecule has 43 heavy (non-hydrogen) atoms. The third-order valence-electron chi connectivity index (χ3n) is 7.84. The first kappa shape index (κ1) is 30.2. The van der Waals surface area contributed by atoms with Gasteiger partial charge >= 0.3 is 19.1 Å². The van der Waals surface area contributed by atoms with Crippen LogP contribution in [0.25, 0.3) is 11.1 Å². The molecule has 0 aromatic heterocycles. The molecule has 2 aliphatic rings. The number of amides is 1. The summed E-state index contributed by atoms with van der Waals surface area (Å²) in [5.41, 5.74) is 7.28. The lowest BCUT2D eigenvalue weighted by Crippen LogP contribution is -2.47. The van der Waals surface area contributed by atoms with E-state index in [1.165, 1.54) is 5.56 Å². The minimum atomic E-state index is -1.08. The predicted octanol–water partition coefficient (Wildman–Crippen LogP) is 3.59. The van der Waals surface area contributed by atoms with Crippen LogP contribution in [0.3, 0.4) is 0 Å². The van der Waals surface area contributed by atoms with Crippen molar-refractivity contribution in [1.82, 2.24) is 9.80 Å². The molecule has 2 heterocycles. The highest BCUT2D eigenvalue weighted by Gasteiger charge is 2.33. The van der Waals surface area contributed by atoms with Crippen molar-refractivity contribution >= 4 is 30.4 Å². The van der Waals surface area contributed by atoms with Crippen molar-refractivity contribution in [1.29, 1.82) is 0 Å². The Morgan fingerprint density at radius 2 is 1.53 bits per heavy atom. The lowest BCUT2D eigenvalue weighted by molar-refractivity contribution is -0.145. The molecule has 0 aliphatic carbocycles. The summed E-state index contributed by atoms with van der Waals surface area (Å²) in [5, 5.41) is 0. The van der Waals surface area contributed by atoms with Crippen LogP contribution in [0.4, 0.5) is 0 Å². The topological polar surface area (TPSA) is 94.6 Å². The molecule has 0 saturated carbocycles. The molecule has 0 atom stereocenters. The average molecular weight is 584 g/mol. The van der Waals surface area contributed by atoms with Gasteiger partial charge in [0.1, 0.15) is 24.7 Å². The number of nitrogens with zero attached hydrogens (tertiary/aromatic N) is 2. The summed E-state index contributed by atoms with van der Waals surface area (Å²) < 4.78 is 22.8. The molecule has 0 bridgehead atoms. The minimum absolute atomic E-state index is 0.0181. The van der Waals surface area contributed by atoms with Crippen LogP contribution in [0.2, 0.25) is 0 Å². The molecule has 2 saturated heterocycles. The van der Waals surface area contributed by atoms with Crippen molar-refractivity contribution in [3.05, 3.63) is 76.9 Å². The van der Waals surface area contributed by atoms with E-state index in [0.29, 0.717) is 37.4 Å². The fraction of sp³-hybridized carbons (Fsp3) is 0.364. The van der Waals surface area contributed by atoms with Crippen LogP contribution in [0.5, 0.6) is 11.5 Å². The highest BCUT2D eigenvalue weighted by molar-refractivity contribution is 6.64. The van der Waals surface area contributed by atoms with Gasteiger partial charge in [0.05, 0.1) is 19.6 Å². The van der Waals surface area contributed by atoms with Crippen LogP contribution in [-0.2, 0) is 30.3 Å². The normalized spacial score (nSPS) is 16.0. The lowest BCUT2D eigenvalue weighted by Gasteiger charge is -2.22. The molecule has 2 fully saturated rings. The Hall–Kier alpha value is -4.31. The first-order valence-electron chi connectivity index (χ1n) is 14.6. The number of ether oxygens (including phenoxy) is 2. The molecule has 3 aromatic rings. The van der Waals surface area contributed by atoms with Gasteiger partial charge in [-0.05, 0) is 91.9 Å². The summed E-state index contributed by atoms with van der Waals surface area (Å²) in [6.45, 7) is 8.59. The van der Waals surface area contributed by atoms with Gasteiger partial charge in [0, 0.05) is 18.4 Å². The van der Waals surface area contributed by atoms with Crippen molar-refractivity contribution < 1.29 is 33.2 Å². The molecule has 3 aromatic carbocycles. The zero-order valence-electron chi connectivity index (χ0n) is 25.2.